The van der Waals surface area contributed by atoms with Crippen molar-refractivity contribution >= 4 is 51.3 Å². The van der Waals surface area contributed by atoms with Crippen molar-refractivity contribution in [1.29, 1.82) is 0 Å². The Balaban J connectivity index is 1.70. The quantitative estimate of drug-likeness (QED) is 0.351. The Morgan fingerprint density at radius 3 is 2.67 bits per heavy atom. The summed E-state index contributed by atoms with van der Waals surface area (Å²) in [6.07, 6.45) is 1.87. The number of hydrogen-bond donors (Lipinski definition) is 0. The molecule has 0 saturated carbocycles. The molecule has 0 aliphatic carbocycles. The van der Waals surface area contributed by atoms with Crippen molar-refractivity contribution in [2.45, 2.75) is 13.8 Å². The van der Waals surface area contributed by atoms with E-state index in [9.17, 15) is 9.59 Å². The highest BCUT2D eigenvalue weighted by Gasteiger charge is 2.31. The Morgan fingerprint density at radius 1 is 1.06 bits per heavy atom. The van der Waals surface area contributed by atoms with Gasteiger partial charge in [0, 0.05) is 12.6 Å². The molecule has 0 N–H and O–H groups in total. The molecule has 1 saturated heterocycles. The van der Waals surface area contributed by atoms with Crippen LogP contribution in [-0.2, 0) is 9.53 Å². The summed E-state index contributed by atoms with van der Waals surface area (Å²) in [7, 11) is 1.69. The highest BCUT2D eigenvalue weighted by Crippen LogP contribution is 2.37. The second kappa shape index (κ2) is 9.92. The first-order valence-corrected chi connectivity index (χ1v) is 11.5. The number of aliphatic imine (C=N–C) groups is 1. The lowest BCUT2D eigenvalue weighted by molar-refractivity contribution is -0.121. The molecule has 1 amide bonds. The van der Waals surface area contributed by atoms with Crippen LogP contribution >= 0.6 is 11.8 Å². The molecule has 33 heavy (non-hydrogen) atoms. The number of thioether (sulfide) groups is 1. The zero-order chi connectivity index (χ0) is 23.4. The van der Waals surface area contributed by atoms with E-state index in [2.05, 4.69) is 4.99 Å². The van der Waals surface area contributed by atoms with Crippen LogP contribution in [0.15, 0.2) is 70.6 Å². The first-order valence-electron chi connectivity index (χ1n) is 10.7. The molecule has 1 aliphatic rings. The molecular weight excluding hydrogens is 436 g/mol. The maximum atomic E-state index is 13.0. The highest BCUT2D eigenvalue weighted by molar-refractivity contribution is 8.18. The standard InChI is InChI=1S/C26H24N2O4S/c1-4-31-22-14-13-17-9-6-7-12-20(17)21(22)16-23-24(29)28(3)26(33-23)27-19-11-8-10-18(15-19)25(30)32-5-2/h6-16H,4-5H2,1-3H3. The maximum Gasteiger partial charge on any atom is 0.338 e. The summed E-state index contributed by atoms with van der Waals surface area (Å²) in [6, 6.07) is 18.8. The fourth-order valence-corrected chi connectivity index (χ4v) is 4.48. The minimum absolute atomic E-state index is 0.143. The van der Waals surface area contributed by atoms with Gasteiger partial charge in [-0.1, -0.05) is 36.4 Å². The van der Waals surface area contributed by atoms with Gasteiger partial charge < -0.3 is 9.47 Å². The maximum absolute atomic E-state index is 13.0. The Hall–Kier alpha value is -3.58. The largest absolute Gasteiger partial charge is 0.493 e. The Bertz CT molecular complexity index is 1280. The monoisotopic (exact) mass is 460 g/mol. The third kappa shape index (κ3) is 4.78. The van der Waals surface area contributed by atoms with Gasteiger partial charge in [0.15, 0.2) is 5.17 Å². The number of fused-ring (bicyclic) bond motifs is 1. The summed E-state index contributed by atoms with van der Waals surface area (Å²) >= 11 is 1.29. The molecule has 7 heteroatoms. The molecule has 4 rings (SSSR count). The number of nitrogens with zero attached hydrogens (tertiary/aromatic N) is 2. The second-order valence-electron chi connectivity index (χ2n) is 7.27. The molecule has 168 valence electrons. The van der Waals surface area contributed by atoms with Gasteiger partial charge in [-0.3, -0.25) is 9.69 Å². The van der Waals surface area contributed by atoms with Crippen molar-refractivity contribution in [1.82, 2.24) is 4.90 Å². The van der Waals surface area contributed by atoms with Crippen LogP contribution in [-0.4, -0.2) is 42.2 Å². The molecule has 1 heterocycles. The zero-order valence-corrected chi connectivity index (χ0v) is 19.5. The van der Waals surface area contributed by atoms with Crippen LogP contribution in [0, 0.1) is 0 Å². The molecule has 0 atom stereocenters. The molecule has 1 fully saturated rings. The molecule has 0 radical (unpaired) electrons. The third-order valence-corrected chi connectivity index (χ3v) is 6.15. The number of hydrogen-bond acceptors (Lipinski definition) is 6. The predicted octanol–water partition coefficient (Wildman–Crippen LogP) is 5.65. The number of esters is 1. The van der Waals surface area contributed by atoms with E-state index in [-0.39, 0.29) is 5.91 Å². The predicted molar refractivity (Wildman–Crippen MR) is 133 cm³/mol. The second-order valence-corrected chi connectivity index (χ2v) is 8.28. The van der Waals surface area contributed by atoms with E-state index in [1.165, 1.54) is 16.7 Å². The first kappa shape index (κ1) is 22.6. The van der Waals surface area contributed by atoms with E-state index < -0.39 is 5.97 Å². The molecule has 0 aromatic heterocycles. The van der Waals surface area contributed by atoms with Crippen molar-refractivity contribution in [3.05, 3.63) is 76.7 Å². The minimum atomic E-state index is -0.400. The number of likely N-dealkylation sites (N-methyl/N-ethyl adjacent to an activating group) is 1. The highest BCUT2D eigenvalue weighted by atomic mass is 32.2. The summed E-state index contributed by atoms with van der Waals surface area (Å²) in [5.41, 5.74) is 1.86. The fourth-order valence-electron chi connectivity index (χ4n) is 3.52. The Morgan fingerprint density at radius 2 is 1.88 bits per heavy atom. The van der Waals surface area contributed by atoms with Crippen molar-refractivity contribution < 1.29 is 19.1 Å². The number of rotatable bonds is 6. The van der Waals surface area contributed by atoms with E-state index >= 15 is 0 Å². The number of ether oxygens (including phenoxy) is 2. The van der Waals surface area contributed by atoms with Crippen LogP contribution in [0.1, 0.15) is 29.8 Å². The Kier molecular flexibility index (Phi) is 6.79. The summed E-state index contributed by atoms with van der Waals surface area (Å²) in [6.45, 7) is 4.53. The molecule has 3 aromatic carbocycles. The molecule has 0 bridgehead atoms. The first-order chi connectivity index (χ1) is 16.0. The van der Waals surface area contributed by atoms with Gasteiger partial charge in [0.2, 0.25) is 0 Å². The van der Waals surface area contributed by atoms with Gasteiger partial charge in [0.1, 0.15) is 5.75 Å². The van der Waals surface area contributed by atoms with Gasteiger partial charge >= 0.3 is 5.97 Å². The van der Waals surface area contributed by atoms with E-state index in [4.69, 9.17) is 9.47 Å². The van der Waals surface area contributed by atoms with Crippen LogP contribution in [0.4, 0.5) is 5.69 Å². The van der Waals surface area contributed by atoms with Gasteiger partial charge in [0.25, 0.3) is 5.91 Å². The van der Waals surface area contributed by atoms with Crippen molar-refractivity contribution in [3.8, 4) is 5.75 Å². The average molecular weight is 461 g/mol. The van der Waals surface area contributed by atoms with Gasteiger partial charge in [-0.25, -0.2) is 9.79 Å². The van der Waals surface area contributed by atoms with Gasteiger partial charge in [-0.2, -0.15) is 0 Å². The number of amidine groups is 1. The number of carbonyl (C=O) groups excluding carboxylic acids is 2. The number of amides is 1. The van der Waals surface area contributed by atoms with E-state index in [0.717, 1.165) is 22.1 Å². The van der Waals surface area contributed by atoms with Gasteiger partial charge in [0.05, 0.1) is 29.4 Å². The minimum Gasteiger partial charge on any atom is -0.493 e. The van der Waals surface area contributed by atoms with E-state index in [1.807, 2.05) is 49.4 Å². The lowest BCUT2D eigenvalue weighted by Gasteiger charge is -2.11. The molecule has 6 nitrogen and oxygen atoms in total. The molecular formula is C26H24N2O4S. The van der Waals surface area contributed by atoms with E-state index in [1.54, 1.807) is 38.2 Å². The van der Waals surface area contributed by atoms with Gasteiger partial charge in [-0.05, 0) is 66.7 Å². The van der Waals surface area contributed by atoms with Crippen LogP contribution in [0.5, 0.6) is 5.75 Å². The zero-order valence-electron chi connectivity index (χ0n) is 18.7. The fraction of sp³-hybridized carbons (Fsp3) is 0.192. The SMILES string of the molecule is CCOC(=O)c1cccc(N=C2SC(=Cc3c(OCC)ccc4ccccc34)C(=O)N2C)c1. The van der Waals surface area contributed by atoms with Crippen LogP contribution in [0.3, 0.4) is 0 Å². The Labute approximate surface area is 196 Å². The average Bonchev–Trinajstić information content (AvgIpc) is 3.08. The van der Waals surface area contributed by atoms with Crippen molar-refractivity contribution in [3.63, 3.8) is 0 Å². The van der Waals surface area contributed by atoms with E-state index in [0.29, 0.717) is 34.5 Å². The van der Waals surface area contributed by atoms with Crippen LogP contribution < -0.4 is 4.74 Å². The lowest BCUT2D eigenvalue weighted by Crippen LogP contribution is -2.23. The third-order valence-electron chi connectivity index (χ3n) is 5.09. The topological polar surface area (TPSA) is 68.2 Å². The smallest absolute Gasteiger partial charge is 0.338 e. The summed E-state index contributed by atoms with van der Waals surface area (Å²) in [5, 5.41) is 2.62. The summed E-state index contributed by atoms with van der Waals surface area (Å²) < 4.78 is 10.9. The molecule has 0 spiro atoms. The van der Waals surface area contributed by atoms with Crippen molar-refractivity contribution in [2.75, 3.05) is 20.3 Å². The van der Waals surface area contributed by atoms with Gasteiger partial charge in [-0.15, -0.1) is 0 Å². The normalized spacial score (nSPS) is 16.1. The summed E-state index contributed by atoms with van der Waals surface area (Å²) in [4.78, 5) is 31.7. The molecule has 1 aliphatic heterocycles. The molecule has 3 aromatic rings. The van der Waals surface area contributed by atoms with Crippen molar-refractivity contribution in [2.24, 2.45) is 4.99 Å². The van der Waals surface area contributed by atoms with Crippen LogP contribution in [0.2, 0.25) is 0 Å². The lowest BCUT2D eigenvalue weighted by atomic mass is 10.0. The number of carbonyl (C=O) groups is 2. The summed E-state index contributed by atoms with van der Waals surface area (Å²) in [5.74, 6) is 0.186. The van der Waals surface area contributed by atoms with Crippen LogP contribution in [0.25, 0.3) is 16.8 Å². The molecule has 0 unspecified atom stereocenters. The number of benzene rings is 3.